The van der Waals surface area contributed by atoms with E-state index in [1.165, 1.54) is 19.4 Å². The molecule has 0 aromatic carbocycles. The molecule has 0 aliphatic carbocycles. The predicted octanol–water partition coefficient (Wildman–Crippen LogP) is 1.27. The van der Waals surface area contributed by atoms with E-state index in [0.717, 1.165) is 13.1 Å². The van der Waals surface area contributed by atoms with Crippen LogP contribution in [0.15, 0.2) is 12.3 Å². The first-order valence-corrected chi connectivity index (χ1v) is 6.43. The van der Waals surface area contributed by atoms with Crippen molar-refractivity contribution in [3.8, 4) is 6.07 Å². The van der Waals surface area contributed by atoms with Crippen LogP contribution < -0.4 is 4.90 Å². The van der Waals surface area contributed by atoms with Crippen LogP contribution in [-0.4, -0.2) is 47.8 Å². The molecule has 18 heavy (non-hydrogen) atoms. The molecule has 2 rings (SSSR count). The third kappa shape index (κ3) is 2.59. The van der Waals surface area contributed by atoms with Crippen LogP contribution in [0.3, 0.4) is 0 Å². The highest BCUT2D eigenvalue weighted by Crippen LogP contribution is 2.20. The van der Waals surface area contributed by atoms with Gasteiger partial charge >= 0.3 is 0 Å². The van der Waals surface area contributed by atoms with Crippen LogP contribution in [0.1, 0.15) is 25.3 Å². The van der Waals surface area contributed by atoms with Crippen molar-refractivity contribution in [3.05, 3.63) is 17.8 Å². The number of nitrogens with zero attached hydrogens (tertiary/aromatic N) is 5. The minimum atomic E-state index is 0.563. The van der Waals surface area contributed by atoms with Crippen molar-refractivity contribution >= 4 is 5.82 Å². The zero-order valence-electron chi connectivity index (χ0n) is 11.0. The third-order valence-electron chi connectivity index (χ3n) is 3.57. The van der Waals surface area contributed by atoms with Gasteiger partial charge in [-0.2, -0.15) is 10.4 Å². The standard InChI is InChI=1S/C13H19N5/c1-3-18-8-4-5-12(18)10-17(2)13-11(9-14)6-7-15-16-13/h6-7,12H,3-5,8,10H2,1-2H3. The number of aromatic nitrogens is 2. The van der Waals surface area contributed by atoms with E-state index < -0.39 is 0 Å². The zero-order valence-corrected chi connectivity index (χ0v) is 11.0. The summed E-state index contributed by atoms with van der Waals surface area (Å²) in [6.45, 7) is 5.37. The second-order valence-electron chi connectivity index (χ2n) is 4.69. The van der Waals surface area contributed by atoms with E-state index in [1.807, 2.05) is 11.9 Å². The van der Waals surface area contributed by atoms with E-state index in [0.29, 0.717) is 17.4 Å². The van der Waals surface area contributed by atoms with Gasteiger partial charge in [0.1, 0.15) is 6.07 Å². The maximum atomic E-state index is 9.07. The van der Waals surface area contributed by atoms with E-state index in [-0.39, 0.29) is 0 Å². The minimum Gasteiger partial charge on any atom is -0.356 e. The zero-order chi connectivity index (χ0) is 13.0. The summed E-state index contributed by atoms with van der Waals surface area (Å²) in [4.78, 5) is 4.53. The van der Waals surface area contributed by atoms with Crippen molar-refractivity contribution < 1.29 is 0 Å². The lowest BCUT2D eigenvalue weighted by atomic mass is 10.2. The highest BCUT2D eigenvalue weighted by atomic mass is 15.3. The van der Waals surface area contributed by atoms with Gasteiger partial charge in [-0.1, -0.05) is 6.92 Å². The highest BCUT2D eigenvalue weighted by molar-refractivity contribution is 5.51. The molecule has 5 nitrogen and oxygen atoms in total. The summed E-state index contributed by atoms with van der Waals surface area (Å²) >= 11 is 0. The lowest BCUT2D eigenvalue weighted by Crippen LogP contribution is -2.39. The fraction of sp³-hybridized carbons (Fsp3) is 0.615. The van der Waals surface area contributed by atoms with Gasteiger partial charge in [-0.15, -0.1) is 5.10 Å². The first kappa shape index (κ1) is 12.8. The molecule has 0 amide bonds. The molecule has 1 aromatic heterocycles. The molecular formula is C13H19N5. The van der Waals surface area contributed by atoms with Gasteiger partial charge in [-0.25, -0.2) is 0 Å². The summed E-state index contributed by atoms with van der Waals surface area (Å²) in [5, 5.41) is 17.0. The summed E-state index contributed by atoms with van der Waals surface area (Å²) in [6, 6.07) is 4.45. The highest BCUT2D eigenvalue weighted by Gasteiger charge is 2.25. The SMILES string of the molecule is CCN1CCCC1CN(C)c1nnccc1C#N. The van der Waals surface area contributed by atoms with E-state index in [9.17, 15) is 0 Å². The van der Waals surface area contributed by atoms with Crippen molar-refractivity contribution in [2.24, 2.45) is 0 Å². The molecule has 0 spiro atoms. The minimum absolute atomic E-state index is 0.563. The maximum absolute atomic E-state index is 9.07. The molecule has 1 unspecified atom stereocenters. The quantitative estimate of drug-likeness (QED) is 0.799. The van der Waals surface area contributed by atoms with E-state index in [2.05, 4.69) is 28.1 Å². The van der Waals surface area contributed by atoms with Crippen molar-refractivity contribution in [1.29, 1.82) is 5.26 Å². The Hall–Kier alpha value is -1.67. The van der Waals surface area contributed by atoms with Gasteiger partial charge in [0, 0.05) is 19.6 Å². The van der Waals surface area contributed by atoms with Gasteiger partial charge in [-0.05, 0) is 32.0 Å². The Kier molecular flexibility index (Phi) is 4.11. The van der Waals surface area contributed by atoms with Crippen LogP contribution in [0.5, 0.6) is 0 Å². The van der Waals surface area contributed by atoms with Gasteiger partial charge in [0.05, 0.1) is 11.8 Å². The Balaban J connectivity index is 2.08. The Bertz CT molecular complexity index is 439. The van der Waals surface area contributed by atoms with Gasteiger partial charge < -0.3 is 4.90 Å². The van der Waals surface area contributed by atoms with E-state index in [1.54, 1.807) is 12.3 Å². The van der Waals surface area contributed by atoms with Crippen LogP contribution in [0.2, 0.25) is 0 Å². The topological polar surface area (TPSA) is 56.1 Å². The summed E-state index contributed by atoms with van der Waals surface area (Å²) in [7, 11) is 1.98. The van der Waals surface area contributed by atoms with Crippen LogP contribution in [-0.2, 0) is 0 Å². The Morgan fingerprint density at radius 2 is 2.44 bits per heavy atom. The van der Waals surface area contributed by atoms with E-state index >= 15 is 0 Å². The lowest BCUT2D eigenvalue weighted by molar-refractivity contribution is 0.270. The van der Waals surface area contributed by atoms with Gasteiger partial charge in [0.15, 0.2) is 5.82 Å². The number of nitriles is 1. The Labute approximate surface area is 108 Å². The Morgan fingerprint density at radius 3 is 3.17 bits per heavy atom. The maximum Gasteiger partial charge on any atom is 0.169 e. The van der Waals surface area contributed by atoms with Crippen LogP contribution >= 0.6 is 0 Å². The average Bonchev–Trinajstić information content (AvgIpc) is 2.85. The number of likely N-dealkylation sites (N-methyl/N-ethyl adjacent to an activating group) is 2. The van der Waals surface area contributed by atoms with Crippen molar-refractivity contribution in [2.75, 3.05) is 31.6 Å². The molecular weight excluding hydrogens is 226 g/mol. The van der Waals surface area contributed by atoms with E-state index in [4.69, 9.17) is 5.26 Å². The summed E-state index contributed by atoms with van der Waals surface area (Å²) < 4.78 is 0. The van der Waals surface area contributed by atoms with Gasteiger partial charge in [-0.3, -0.25) is 4.90 Å². The monoisotopic (exact) mass is 245 g/mol. The molecule has 1 aromatic rings. The molecule has 0 N–H and O–H groups in total. The van der Waals surface area contributed by atoms with Crippen molar-refractivity contribution in [2.45, 2.75) is 25.8 Å². The fourth-order valence-corrected chi connectivity index (χ4v) is 2.61. The third-order valence-corrected chi connectivity index (χ3v) is 3.57. The predicted molar refractivity (Wildman–Crippen MR) is 70.3 cm³/mol. The molecule has 0 saturated carbocycles. The largest absolute Gasteiger partial charge is 0.356 e. The molecule has 1 atom stereocenters. The summed E-state index contributed by atoms with van der Waals surface area (Å²) in [6.07, 6.45) is 4.04. The van der Waals surface area contributed by atoms with Gasteiger partial charge in [0.25, 0.3) is 0 Å². The molecule has 0 bridgehead atoms. The van der Waals surface area contributed by atoms with Crippen LogP contribution in [0.25, 0.3) is 0 Å². The smallest absolute Gasteiger partial charge is 0.169 e. The number of hydrogen-bond donors (Lipinski definition) is 0. The van der Waals surface area contributed by atoms with Crippen LogP contribution in [0, 0.1) is 11.3 Å². The number of anilines is 1. The van der Waals surface area contributed by atoms with Crippen molar-refractivity contribution in [1.82, 2.24) is 15.1 Å². The molecule has 1 aliphatic rings. The first-order chi connectivity index (χ1) is 8.76. The Morgan fingerprint density at radius 1 is 1.61 bits per heavy atom. The lowest BCUT2D eigenvalue weighted by Gasteiger charge is -2.28. The molecule has 1 saturated heterocycles. The molecule has 1 fully saturated rings. The number of hydrogen-bond acceptors (Lipinski definition) is 5. The molecule has 5 heteroatoms. The first-order valence-electron chi connectivity index (χ1n) is 6.43. The second-order valence-corrected chi connectivity index (χ2v) is 4.69. The number of likely N-dealkylation sites (tertiary alicyclic amines) is 1. The second kappa shape index (κ2) is 5.78. The van der Waals surface area contributed by atoms with Crippen molar-refractivity contribution in [3.63, 3.8) is 0 Å². The fourth-order valence-electron chi connectivity index (χ4n) is 2.61. The number of rotatable bonds is 4. The average molecular weight is 245 g/mol. The molecule has 2 heterocycles. The van der Waals surface area contributed by atoms with Gasteiger partial charge in [0.2, 0.25) is 0 Å². The van der Waals surface area contributed by atoms with Crippen LogP contribution in [0.4, 0.5) is 5.82 Å². The molecule has 0 radical (unpaired) electrons. The summed E-state index contributed by atoms with van der Waals surface area (Å²) in [5.41, 5.74) is 0.591. The molecule has 96 valence electrons. The normalized spacial score (nSPS) is 19.7. The molecule has 1 aliphatic heterocycles. The summed E-state index contributed by atoms with van der Waals surface area (Å²) in [5.74, 6) is 0.683.